The van der Waals surface area contributed by atoms with E-state index in [1.807, 2.05) is 0 Å². The maximum absolute atomic E-state index is 11.9. The van der Waals surface area contributed by atoms with E-state index in [1.165, 1.54) is 0 Å². The van der Waals surface area contributed by atoms with Gasteiger partial charge < -0.3 is 0 Å². The standard InChI is InChI=1S/C5H7F5O/c1-4(6,7)2-3-11-5(8,9)10/h2-3H2,1H3. The Morgan fingerprint density at radius 3 is 1.82 bits per heavy atom. The number of alkyl halides is 5. The third-order valence-corrected chi connectivity index (χ3v) is 0.807. The second-order valence-electron chi connectivity index (χ2n) is 2.11. The van der Waals surface area contributed by atoms with Gasteiger partial charge >= 0.3 is 6.36 Å². The number of halogens is 5. The van der Waals surface area contributed by atoms with Crippen LogP contribution in [0.3, 0.4) is 0 Å². The Bertz CT molecular complexity index is 99.0. The molecule has 0 radical (unpaired) electrons. The van der Waals surface area contributed by atoms with Crippen LogP contribution in [-0.4, -0.2) is 18.9 Å². The molecule has 0 heterocycles. The molecule has 0 amide bonds. The predicted octanol–water partition coefficient (Wildman–Crippen LogP) is 2.57. The summed E-state index contributed by atoms with van der Waals surface area (Å²) in [5, 5.41) is 0. The zero-order chi connectivity index (χ0) is 9.12. The molecule has 0 aromatic carbocycles. The number of ether oxygens (including phenoxy) is 1. The van der Waals surface area contributed by atoms with E-state index in [0.717, 1.165) is 0 Å². The molecule has 0 atom stereocenters. The van der Waals surface area contributed by atoms with Gasteiger partial charge in [-0.1, -0.05) is 0 Å². The Balaban J connectivity index is 3.44. The van der Waals surface area contributed by atoms with E-state index in [1.54, 1.807) is 0 Å². The van der Waals surface area contributed by atoms with Crippen LogP contribution in [-0.2, 0) is 4.74 Å². The van der Waals surface area contributed by atoms with Crippen LogP contribution < -0.4 is 0 Å². The van der Waals surface area contributed by atoms with Gasteiger partial charge in [-0.05, 0) is 6.92 Å². The highest BCUT2D eigenvalue weighted by Crippen LogP contribution is 2.21. The first-order chi connectivity index (χ1) is 4.71. The average molecular weight is 178 g/mol. The minimum atomic E-state index is -4.81. The van der Waals surface area contributed by atoms with Crippen LogP contribution in [0.5, 0.6) is 0 Å². The van der Waals surface area contributed by atoms with Crippen molar-refractivity contribution in [3.05, 3.63) is 0 Å². The number of hydrogen-bond donors (Lipinski definition) is 0. The van der Waals surface area contributed by atoms with Crippen molar-refractivity contribution in [3.8, 4) is 0 Å². The molecule has 68 valence electrons. The fourth-order valence-corrected chi connectivity index (χ4v) is 0.346. The molecule has 0 aliphatic carbocycles. The molecule has 0 aromatic heterocycles. The van der Waals surface area contributed by atoms with Gasteiger partial charge in [0, 0.05) is 6.42 Å². The van der Waals surface area contributed by atoms with E-state index in [2.05, 4.69) is 4.74 Å². The van der Waals surface area contributed by atoms with Crippen molar-refractivity contribution in [3.63, 3.8) is 0 Å². The van der Waals surface area contributed by atoms with Crippen molar-refractivity contribution in [2.75, 3.05) is 6.61 Å². The normalized spacial score (nSPS) is 13.6. The van der Waals surface area contributed by atoms with Crippen molar-refractivity contribution in [2.45, 2.75) is 25.6 Å². The van der Waals surface area contributed by atoms with Crippen LogP contribution in [0.1, 0.15) is 13.3 Å². The molecule has 6 heteroatoms. The van der Waals surface area contributed by atoms with Crippen LogP contribution >= 0.6 is 0 Å². The molecule has 0 spiro atoms. The van der Waals surface area contributed by atoms with E-state index in [9.17, 15) is 22.0 Å². The zero-order valence-corrected chi connectivity index (χ0v) is 5.71. The summed E-state index contributed by atoms with van der Waals surface area (Å²) in [7, 11) is 0. The smallest absolute Gasteiger partial charge is 0.292 e. The summed E-state index contributed by atoms with van der Waals surface area (Å²) < 4.78 is 60.3. The fraction of sp³-hybridized carbons (Fsp3) is 1.00. The van der Waals surface area contributed by atoms with Crippen molar-refractivity contribution in [2.24, 2.45) is 0 Å². The van der Waals surface area contributed by atoms with E-state index >= 15 is 0 Å². The van der Waals surface area contributed by atoms with Gasteiger partial charge in [-0.3, -0.25) is 4.74 Å². The molecule has 1 nitrogen and oxygen atoms in total. The minimum Gasteiger partial charge on any atom is -0.292 e. The summed E-state index contributed by atoms with van der Waals surface area (Å²) in [6, 6.07) is 0. The molecule has 0 saturated heterocycles. The van der Waals surface area contributed by atoms with Crippen LogP contribution in [0, 0.1) is 0 Å². The fourth-order valence-electron chi connectivity index (χ4n) is 0.346. The Kier molecular flexibility index (Phi) is 3.22. The third-order valence-electron chi connectivity index (χ3n) is 0.807. The molecule has 0 saturated carbocycles. The van der Waals surface area contributed by atoms with Crippen LogP contribution in [0.4, 0.5) is 22.0 Å². The molecule has 0 aromatic rings. The Hall–Kier alpha value is -0.390. The van der Waals surface area contributed by atoms with Gasteiger partial charge in [0.2, 0.25) is 5.92 Å². The number of hydrogen-bond acceptors (Lipinski definition) is 1. The molecule has 0 bridgehead atoms. The van der Waals surface area contributed by atoms with E-state index < -0.39 is 25.3 Å². The van der Waals surface area contributed by atoms with Gasteiger partial charge in [-0.2, -0.15) is 0 Å². The molecular weight excluding hydrogens is 171 g/mol. The Labute approximate surface area is 60.1 Å². The van der Waals surface area contributed by atoms with Crippen molar-refractivity contribution in [1.29, 1.82) is 0 Å². The highest BCUT2D eigenvalue weighted by Gasteiger charge is 2.31. The lowest BCUT2D eigenvalue weighted by atomic mass is 10.3. The first-order valence-corrected chi connectivity index (χ1v) is 2.79. The summed E-state index contributed by atoms with van der Waals surface area (Å²) in [6.45, 7) is -0.472. The van der Waals surface area contributed by atoms with Crippen molar-refractivity contribution in [1.82, 2.24) is 0 Å². The average Bonchev–Trinajstić information content (AvgIpc) is 1.55. The molecule has 11 heavy (non-hydrogen) atoms. The lowest BCUT2D eigenvalue weighted by Gasteiger charge is -2.11. The number of rotatable bonds is 3. The molecule has 0 fully saturated rings. The van der Waals surface area contributed by atoms with E-state index in [0.29, 0.717) is 6.92 Å². The lowest BCUT2D eigenvalue weighted by molar-refractivity contribution is -0.327. The molecule has 0 aliphatic rings. The summed E-state index contributed by atoms with van der Waals surface area (Å²) in [4.78, 5) is 0. The lowest BCUT2D eigenvalue weighted by Crippen LogP contribution is -2.19. The third kappa shape index (κ3) is 9.61. The zero-order valence-electron chi connectivity index (χ0n) is 5.71. The molecule has 0 unspecified atom stereocenters. The van der Waals surface area contributed by atoms with Crippen LogP contribution in [0.15, 0.2) is 0 Å². The van der Waals surface area contributed by atoms with Gasteiger partial charge in [-0.25, -0.2) is 8.78 Å². The second kappa shape index (κ2) is 3.34. The first-order valence-electron chi connectivity index (χ1n) is 2.79. The quantitative estimate of drug-likeness (QED) is 0.603. The summed E-state index contributed by atoms with van der Waals surface area (Å²) in [6.07, 6.45) is -5.74. The second-order valence-corrected chi connectivity index (χ2v) is 2.11. The Morgan fingerprint density at radius 2 is 1.55 bits per heavy atom. The summed E-state index contributed by atoms with van der Waals surface area (Å²) in [5.41, 5.74) is 0. The minimum absolute atomic E-state index is 0.534. The summed E-state index contributed by atoms with van der Waals surface area (Å²) in [5.74, 6) is -3.11. The highest BCUT2D eigenvalue weighted by atomic mass is 19.4. The van der Waals surface area contributed by atoms with Crippen LogP contribution in [0.2, 0.25) is 0 Å². The maximum Gasteiger partial charge on any atom is 0.522 e. The Morgan fingerprint density at radius 1 is 1.09 bits per heavy atom. The van der Waals surface area contributed by atoms with Gasteiger partial charge in [0.05, 0.1) is 6.61 Å². The molecule has 0 rings (SSSR count). The SMILES string of the molecule is CC(F)(F)CCOC(F)(F)F. The van der Waals surface area contributed by atoms with Crippen LogP contribution in [0.25, 0.3) is 0 Å². The molecular formula is C5H7F5O. The van der Waals surface area contributed by atoms with Gasteiger partial charge in [0.15, 0.2) is 0 Å². The maximum atomic E-state index is 11.9. The molecule has 0 N–H and O–H groups in total. The molecule has 0 aliphatic heterocycles. The van der Waals surface area contributed by atoms with Gasteiger partial charge in [0.25, 0.3) is 0 Å². The van der Waals surface area contributed by atoms with Crippen molar-refractivity contribution >= 4 is 0 Å². The van der Waals surface area contributed by atoms with Crippen molar-refractivity contribution < 1.29 is 26.7 Å². The first kappa shape index (κ1) is 10.6. The topological polar surface area (TPSA) is 9.23 Å². The highest BCUT2D eigenvalue weighted by molar-refractivity contribution is 4.56. The van der Waals surface area contributed by atoms with E-state index in [4.69, 9.17) is 0 Å². The van der Waals surface area contributed by atoms with Gasteiger partial charge in [0.1, 0.15) is 0 Å². The van der Waals surface area contributed by atoms with Gasteiger partial charge in [-0.15, -0.1) is 13.2 Å². The largest absolute Gasteiger partial charge is 0.522 e. The summed E-state index contributed by atoms with van der Waals surface area (Å²) >= 11 is 0. The monoisotopic (exact) mass is 178 g/mol. The predicted molar refractivity (Wildman–Crippen MR) is 27.2 cm³/mol. The van der Waals surface area contributed by atoms with E-state index in [-0.39, 0.29) is 0 Å².